The number of amides is 1. The molecule has 0 spiro atoms. The normalized spacial score (nSPS) is 11.9. The molecule has 0 fully saturated rings. The van der Waals surface area contributed by atoms with E-state index in [-0.39, 0.29) is 19.0 Å². The van der Waals surface area contributed by atoms with Crippen LogP contribution in [0, 0.1) is 0 Å². The minimum absolute atomic E-state index is 0.0448. The highest BCUT2D eigenvalue weighted by molar-refractivity contribution is 5.84. The number of benzene rings is 1. The fraction of sp³-hybridized carbons (Fsp3) is 0.579. The van der Waals surface area contributed by atoms with Crippen LogP contribution in [0.5, 0.6) is 0 Å². The highest BCUT2D eigenvalue weighted by Gasteiger charge is 2.13. The van der Waals surface area contributed by atoms with Crippen LogP contribution in [-0.4, -0.2) is 69.3 Å². The Hall–Kier alpha value is -2.04. The second-order valence-electron chi connectivity index (χ2n) is 5.96. The monoisotopic (exact) mass is 398 g/mol. The lowest BCUT2D eigenvalue weighted by Gasteiger charge is -2.11. The standard InChI is InChI=1S/C19H30N2O7/c20-17(15-16-5-2-1-3-6-16)18(22)7-4-8-25-9-10-26-11-12-27-13-14-28-21-19(23)24/h1-3,5-6,17,21H,4,7-15,20H2,(H,23,24)/t17-/m0/s1. The lowest BCUT2D eigenvalue weighted by molar-refractivity contribution is -0.120. The van der Waals surface area contributed by atoms with Gasteiger partial charge in [0.25, 0.3) is 0 Å². The number of hydroxylamine groups is 1. The molecule has 4 N–H and O–H groups in total. The molecule has 1 aromatic carbocycles. The van der Waals surface area contributed by atoms with E-state index >= 15 is 0 Å². The molecule has 0 aliphatic carbocycles. The molecule has 9 nitrogen and oxygen atoms in total. The van der Waals surface area contributed by atoms with Crippen LogP contribution in [0.4, 0.5) is 4.79 Å². The Morgan fingerprint density at radius 3 is 2.11 bits per heavy atom. The van der Waals surface area contributed by atoms with Crippen LogP contribution in [0.15, 0.2) is 30.3 Å². The molecule has 0 unspecified atom stereocenters. The topological polar surface area (TPSA) is 129 Å². The molecule has 0 saturated carbocycles. The molecule has 0 aliphatic rings. The zero-order valence-electron chi connectivity index (χ0n) is 16.0. The van der Waals surface area contributed by atoms with Crippen molar-refractivity contribution >= 4 is 11.9 Å². The Balaban J connectivity index is 1.86. The van der Waals surface area contributed by atoms with Crippen molar-refractivity contribution in [1.29, 1.82) is 0 Å². The summed E-state index contributed by atoms with van der Waals surface area (Å²) in [7, 11) is 0. The Kier molecular flexibility index (Phi) is 13.7. The maximum Gasteiger partial charge on any atom is 0.428 e. The number of hydrogen-bond acceptors (Lipinski definition) is 7. The molecule has 158 valence electrons. The summed E-state index contributed by atoms with van der Waals surface area (Å²) < 4.78 is 15.9. The third-order valence-electron chi connectivity index (χ3n) is 3.66. The molecule has 1 amide bonds. The first-order valence-corrected chi connectivity index (χ1v) is 9.25. The van der Waals surface area contributed by atoms with Crippen LogP contribution in [0.3, 0.4) is 0 Å². The molecular weight excluding hydrogens is 368 g/mol. The fourth-order valence-corrected chi connectivity index (χ4v) is 2.27. The maximum atomic E-state index is 12.0. The van der Waals surface area contributed by atoms with Crippen molar-refractivity contribution in [1.82, 2.24) is 5.48 Å². The maximum absolute atomic E-state index is 12.0. The lowest BCUT2D eigenvalue weighted by atomic mass is 10.0. The van der Waals surface area contributed by atoms with Gasteiger partial charge >= 0.3 is 6.09 Å². The van der Waals surface area contributed by atoms with Crippen LogP contribution in [0.1, 0.15) is 18.4 Å². The number of ketones is 1. The van der Waals surface area contributed by atoms with Gasteiger partial charge in [-0.2, -0.15) is 5.48 Å². The number of carboxylic acid groups (broad SMARTS) is 1. The highest BCUT2D eigenvalue weighted by Crippen LogP contribution is 2.05. The van der Waals surface area contributed by atoms with E-state index < -0.39 is 12.1 Å². The average molecular weight is 398 g/mol. The predicted octanol–water partition coefficient (Wildman–Crippen LogP) is 1.15. The molecule has 9 heteroatoms. The Bertz CT molecular complexity index is 542. The lowest BCUT2D eigenvalue weighted by Crippen LogP contribution is -2.32. The largest absolute Gasteiger partial charge is 0.464 e. The van der Waals surface area contributed by atoms with Crippen molar-refractivity contribution in [2.24, 2.45) is 5.73 Å². The van der Waals surface area contributed by atoms with Crippen molar-refractivity contribution in [3.05, 3.63) is 35.9 Å². The number of nitrogens with two attached hydrogens (primary N) is 1. The van der Waals surface area contributed by atoms with E-state index in [1.807, 2.05) is 30.3 Å². The van der Waals surface area contributed by atoms with E-state index in [2.05, 4.69) is 4.84 Å². The van der Waals surface area contributed by atoms with E-state index in [9.17, 15) is 9.59 Å². The summed E-state index contributed by atoms with van der Waals surface area (Å²) in [6.45, 7) is 2.53. The fourth-order valence-electron chi connectivity index (χ4n) is 2.27. The van der Waals surface area contributed by atoms with Crippen LogP contribution in [0.25, 0.3) is 0 Å². The summed E-state index contributed by atoms with van der Waals surface area (Å²) in [5.41, 5.74) is 8.78. The molecule has 0 saturated heterocycles. The van der Waals surface area contributed by atoms with Crippen LogP contribution < -0.4 is 11.2 Å². The molecule has 0 radical (unpaired) electrons. The number of hydrogen-bond donors (Lipinski definition) is 3. The van der Waals surface area contributed by atoms with Crippen molar-refractivity contribution in [2.45, 2.75) is 25.3 Å². The van der Waals surface area contributed by atoms with Gasteiger partial charge in [-0.3, -0.25) is 9.63 Å². The van der Waals surface area contributed by atoms with Crippen LogP contribution in [-0.2, 0) is 30.3 Å². The molecular formula is C19H30N2O7. The van der Waals surface area contributed by atoms with Gasteiger partial charge in [-0.1, -0.05) is 30.3 Å². The molecule has 1 aromatic rings. The predicted molar refractivity (Wildman–Crippen MR) is 102 cm³/mol. The minimum Gasteiger partial charge on any atom is -0.464 e. The molecule has 0 aliphatic heterocycles. The first-order chi connectivity index (χ1) is 13.6. The smallest absolute Gasteiger partial charge is 0.428 e. The van der Waals surface area contributed by atoms with Gasteiger partial charge in [0.15, 0.2) is 0 Å². The third-order valence-corrected chi connectivity index (χ3v) is 3.66. The van der Waals surface area contributed by atoms with Gasteiger partial charge in [-0.25, -0.2) is 4.79 Å². The first kappa shape index (κ1) is 24.0. The summed E-state index contributed by atoms with van der Waals surface area (Å²) in [6, 6.07) is 9.25. The SMILES string of the molecule is N[C@@H](Cc1ccccc1)C(=O)CCCOCCOCCOCCONC(=O)O. The molecule has 0 heterocycles. The van der Waals surface area contributed by atoms with Crippen LogP contribution in [0.2, 0.25) is 0 Å². The zero-order chi connectivity index (χ0) is 20.5. The quantitative estimate of drug-likeness (QED) is 0.263. The highest BCUT2D eigenvalue weighted by atomic mass is 16.7. The molecule has 1 rings (SSSR count). The zero-order valence-corrected chi connectivity index (χ0v) is 16.0. The summed E-state index contributed by atoms with van der Waals surface area (Å²) in [5.74, 6) is 0.0448. The van der Waals surface area contributed by atoms with Gasteiger partial charge in [-0.15, -0.1) is 0 Å². The van der Waals surface area contributed by atoms with Crippen molar-refractivity contribution in [3.63, 3.8) is 0 Å². The number of carbonyl (C=O) groups is 2. The van der Waals surface area contributed by atoms with Crippen molar-refractivity contribution < 1.29 is 33.7 Å². The van der Waals surface area contributed by atoms with Gasteiger partial charge < -0.3 is 25.1 Å². The van der Waals surface area contributed by atoms with E-state index in [4.69, 9.17) is 25.1 Å². The molecule has 1 atom stereocenters. The number of rotatable bonds is 17. The summed E-state index contributed by atoms with van der Waals surface area (Å²) in [4.78, 5) is 26.7. The van der Waals surface area contributed by atoms with Gasteiger partial charge in [0.05, 0.1) is 45.7 Å². The van der Waals surface area contributed by atoms with E-state index in [0.29, 0.717) is 52.3 Å². The van der Waals surface area contributed by atoms with Gasteiger partial charge in [0, 0.05) is 13.0 Å². The Morgan fingerprint density at radius 1 is 0.929 bits per heavy atom. The second-order valence-corrected chi connectivity index (χ2v) is 5.96. The summed E-state index contributed by atoms with van der Waals surface area (Å²) >= 11 is 0. The first-order valence-electron chi connectivity index (χ1n) is 9.25. The number of nitrogens with one attached hydrogen (secondary N) is 1. The molecule has 0 bridgehead atoms. The minimum atomic E-state index is -1.25. The molecule has 0 aromatic heterocycles. The van der Waals surface area contributed by atoms with E-state index in [1.54, 1.807) is 5.48 Å². The number of Topliss-reactive ketones (excluding diaryl/α,β-unsaturated/α-hetero) is 1. The van der Waals surface area contributed by atoms with Gasteiger partial charge in [-0.05, 0) is 18.4 Å². The summed E-state index contributed by atoms with van der Waals surface area (Å²) in [6.07, 6.45) is 0.345. The van der Waals surface area contributed by atoms with Crippen molar-refractivity contribution in [2.75, 3.05) is 46.2 Å². The average Bonchev–Trinajstić information content (AvgIpc) is 2.68. The van der Waals surface area contributed by atoms with E-state index in [1.165, 1.54) is 0 Å². The van der Waals surface area contributed by atoms with E-state index in [0.717, 1.165) is 5.56 Å². The van der Waals surface area contributed by atoms with Crippen molar-refractivity contribution in [3.8, 4) is 0 Å². The third kappa shape index (κ3) is 13.2. The van der Waals surface area contributed by atoms with Gasteiger partial charge in [0.2, 0.25) is 0 Å². The molecule has 28 heavy (non-hydrogen) atoms. The second kappa shape index (κ2) is 16.0. The number of ether oxygens (including phenoxy) is 3. The Labute approximate surface area is 165 Å². The van der Waals surface area contributed by atoms with Crippen LogP contribution >= 0.6 is 0 Å². The Morgan fingerprint density at radius 2 is 1.50 bits per heavy atom. The number of carbonyl (C=O) groups excluding carboxylic acids is 1. The van der Waals surface area contributed by atoms with Gasteiger partial charge in [0.1, 0.15) is 5.78 Å². The summed E-state index contributed by atoms with van der Waals surface area (Å²) in [5, 5.41) is 8.27.